The van der Waals surface area contributed by atoms with Crippen molar-refractivity contribution in [2.45, 2.75) is 38.6 Å². The van der Waals surface area contributed by atoms with Crippen LogP contribution in [0.1, 0.15) is 43.0 Å². The molecule has 0 saturated carbocycles. The molecule has 3 heterocycles. The molecule has 2 aliphatic rings. The summed E-state index contributed by atoms with van der Waals surface area (Å²) in [6.45, 7) is 6.40. The number of rotatable bonds is 3. The van der Waals surface area contributed by atoms with Crippen molar-refractivity contribution in [3.8, 4) is 0 Å². The first-order chi connectivity index (χ1) is 10.7. The zero-order valence-corrected chi connectivity index (χ0v) is 13.3. The van der Waals surface area contributed by atoms with E-state index in [4.69, 9.17) is 0 Å². The fraction of sp³-hybridized carbons (Fsp3) is 0.647. The highest BCUT2D eigenvalue weighted by molar-refractivity contribution is 5.94. The van der Waals surface area contributed by atoms with Gasteiger partial charge in [0.05, 0.1) is 5.56 Å². The van der Waals surface area contributed by atoms with Crippen LogP contribution < -0.4 is 15.5 Å². The van der Waals surface area contributed by atoms with E-state index in [0.29, 0.717) is 5.56 Å². The summed E-state index contributed by atoms with van der Waals surface area (Å²) >= 11 is 0. The van der Waals surface area contributed by atoms with Gasteiger partial charge < -0.3 is 15.5 Å². The summed E-state index contributed by atoms with van der Waals surface area (Å²) in [5, 5.41) is 6.41. The van der Waals surface area contributed by atoms with Gasteiger partial charge in [-0.2, -0.15) is 0 Å². The molecule has 2 saturated heterocycles. The Morgan fingerprint density at radius 2 is 1.95 bits per heavy atom. The number of hydrogen-bond acceptors (Lipinski definition) is 4. The quantitative estimate of drug-likeness (QED) is 0.894. The van der Waals surface area contributed by atoms with Crippen LogP contribution in [-0.4, -0.2) is 43.1 Å². The first kappa shape index (κ1) is 15.3. The molecule has 0 unspecified atom stereocenters. The molecule has 0 bridgehead atoms. The number of nitrogens with zero attached hydrogens (tertiary/aromatic N) is 2. The SMILES string of the molecule is CC1CCN(c2ccc(C(=O)NC3CCNCC3)cn2)CC1. The van der Waals surface area contributed by atoms with Gasteiger partial charge in [0.25, 0.3) is 5.91 Å². The molecule has 0 aromatic carbocycles. The number of amides is 1. The van der Waals surface area contributed by atoms with Crippen molar-refractivity contribution in [3.05, 3.63) is 23.9 Å². The van der Waals surface area contributed by atoms with Gasteiger partial charge in [-0.15, -0.1) is 0 Å². The maximum Gasteiger partial charge on any atom is 0.253 e. The van der Waals surface area contributed by atoms with Crippen molar-refractivity contribution >= 4 is 11.7 Å². The molecule has 0 atom stereocenters. The number of pyridine rings is 1. The summed E-state index contributed by atoms with van der Waals surface area (Å²) in [6.07, 6.45) is 6.16. The molecular formula is C17H26N4O. The van der Waals surface area contributed by atoms with Crippen LogP contribution in [0, 0.1) is 5.92 Å². The number of aromatic nitrogens is 1. The third-order valence-corrected chi connectivity index (χ3v) is 4.79. The van der Waals surface area contributed by atoms with Gasteiger partial charge in [-0.25, -0.2) is 4.98 Å². The fourth-order valence-corrected chi connectivity index (χ4v) is 3.18. The number of nitrogens with one attached hydrogen (secondary N) is 2. The summed E-state index contributed by atoms with van der Waals surface area (Å²) in [4.78, 5) is 19.1. The standard InChI is InChI=1S/C17H26N4O/c1-13-6-10-21(11-7-13)16-3-2-14(12-19-16)17(22)20-15-4-8-18-9-5-15/h2-3,12-13,15,18H,4-11H2,1H3,(H,20,22). The lowest BCUT2D eigenvalue weighted by molar-refractivity contribution is 0.0929. The normalized spacial score (nSPS) is 20.9. The van der Waals surface area contributed by atoms with Crippen LogP contribution in [0.3, 0.4) is 0 Å². The molecule has 22 heavy (non-hydrogen) atoms. The van der Waals surface area contributed by atoms with Gasteiger partial charge in [-0.3, -0.25) is 4.79 Å². The topological polar surface area (TPSA) is 57.3 Å². The van der Waals surface area contributed by atoms with Gasteiger partial charge in [0.2, 0.25) is 0 Å². The van der Waals surface area contributed by atoms with E-state index in [1.54, 1.807) is 6.20 Å². The van der Waals surface area contributed by atoms with E-state index in [9.17, 15) is 4.79 Å². The Bertz CT molecular complexity index is 488. The molecule has 5 nitrogen and oxygen atoms in total. The molecule has 1 aromatic heterocycles. The highest BCUT2D eigenvalue weighted by Crippen LogP contribution is 2.21. The predicted octanol–water partition coefficient (Wildman–Crippen LogP) is 1.80. The van der Waals surface area contributed by atoms with Crippen molar-refractivity contribution in [2.75, 3.05) is 31.1 Å². The van der Waals surface area contributed by atoms with E-state index in [1.165, 1.54) is 12.8 Å². The van der Waals surface area contributed by atoms with Crippen molar-refractivity contribution in [3.63, 3.8) is 0 Å². The summed E-state index contributed by atoms with van der Waals surface area (Å²) in [6, 6.07) is 4.17. The van der Waals surface area contributed by atoms with Crippen LogP contribution in [0.25, 0.3) is 0 Å². The van der Waals surface area contributed by atoms with Crippen molar-refractivity contribution in [1.29, 1.82) is 0 Å². The average Bonchev–Trinajstić information content (AvgIpc) is 2.57. The average molecular weight is 302 g/mol. The third-order valence-electron chi connectivity index (χ3n) is 4.79. The van der Waals surface area contributed by atoms with Crippen LogP contribution in [0.4, 0.5) is 5.82 Å². The van der Waals surface area contributed by atoms with Crippen LogP contribution in [0.2, 0.25) is 0 Å². The largest absolute Gasteiger partial charge is 0.357 e. The number of hydrogen-bond donors (Lipinski definition) is 2. The Morgan fingerprint density at radius 1 is 1.23 bits per heavy atom. The Kier molecular flexibility index (Phi) is 4.93. The molecule has 0 spiro atoms. The number of carbonyl (C=O) groups is 1. The smallest absolute Gasteiger partial charge is 0.253 e. The lowest BCUT2D eigenvalue weighted by Crippen LogP contribution is -2.42. The summed E-state index contributed by atoms with van der Waals surface area (Å²) in [5.74, 6) is 1.80. The molecule has 5 heteroatoms. The second kappa shape index (κ2) is 7.09. The summed E-state index contributed by atoms with van der Waals surface area (Å²) in [5.41, 5.74) is 0.660. The molecule has 0 radical (unpaired) electrons. The van der Waals surface area contributed by atoms with E-state index in [2.05, 4.69) is 27.4 Å². The Morgan fingerprint density at radius 3 is 2.59 bits per heavy atom. The zero-order chi connectivity index (χ0) is 15.4. The Labute approximate surface area is 132 Å². The van der Waals surface area contributed by atoms with Crippen LogP contribution in [-0.2, 0) is 0 Å². The summed E-state index contributed by atoms with van der Waals surface area (Å²) < 4.78 is 0. The maximum atomic E-state index is 12.3. The van der Waals surface area contributed by atoms with E-state index in [0.717, 1.165) is 50.8 Å². The van der Waals surface area contributed by atoms with Crippen molar-refractivity contribution in [2.24, 2.45) is 5.92 Å². The minimum absolute atomic E-state index is 0.00165. The predicted molar refractivity (Wildman–Crippen MR) is 88.2 cm³/mol. The molecule has 3 rings (SSSR count). The molecule has 0 aliphatic carbocycles. The van der Waals surface area contributed by atoms with Gasteiger partial charge in [-0.05, 0) is 56.8 Å². The molecule has 2 aliphatic heterocycles. The second-order valence-corrected chi connectivity index (χ2v) is 6.57. The first-order valence-electron chi connectivity index (χ1n) is 8.45. The van der Waals surface area contributed by atoms with Crippen molar-refractivity contribution in [1.82, 2.24) is 15.6 Å². The van der Waals surface area contributed by atoms with Crippen LogP contribution in [0.5, 0.6) is 0 Å². The maximum absolute atomic E-state index is 12.3. The van der Waals surface area contributed by atoms with E-state index >= 15 is 0 Å². The van der Waals surface area contributed by atoms with E-state index in [-0.39, 0.29) is 11.9 Å². The van der Waals surface area contributed by atoms with Crippen LogP contribution >= 0.6 is 0 Å². The Balaban J connectivity index is 1.57. The van der Waals surface area contributed by atoms with Gasteiger partial charge in [0.15, 0.2) is 0 Å². The first-order valence-corrected chi connectivity index (χ1v) is 8.45. The third kappa shape index (κ3) is 3.77. The summed E-state index contributed by atoms with van der Waals surface area (Å²) in [7, 11) is 0. The fourth-order valence-electron chi connectivity index (χ4n) is 3.18. The highest BCUT2D eigenvalue weighted by Gasteiger charge is 2.19. The van der Waals surface area contributed by atoms with Gasteiger partial charge in [0.1, 0.15) is 5.82 Å². The van der Waals surface area contributed by atoms with Crippen LogP contribution in [0.15, 0.2) is 18.3 Å². The minimum atomic E-state index is -0.00165. The second-order valence-electron chi connectivity index (χ2n) is 6.57. The number of anilines is 1. The molecule has 1 aromatic rings. The minimum Gasteiger partial charge on any atom is -0.357 e. The van der Waals surface area contributed by atoms with Gasteiger partial charge in [-0.1, -0.05) is 6.92 Å². The monoisotopic (exact) mass is 302 g/mol. The number of carbonyl (C=O) groups excluding carboxylic acids is 1. The van der Waals surface area contributed by atoms with Crippen molar-refractivity contribution < 1.29 is 4.79 Å². The molecule has 2 fully saturated rings. The molecular weight excluding hydrogens is 276 g/mol. The van der Waals surface area contributed by atoms with Gasteiger partial charge >= 0.3 is 0 Å². The number of piperidine rings is 2. The molecule has 2 N–H and O–H groups in total. The highest BCUT2D eigenvalue weighted by atomic mass is 16.1. The lowest BCUT2D eigenvalue weighted by Gasteiger charge is -2.31. The Hall–Kier alpha value is -1.62. The molecule has 120 valence electrons. The van der Waals surface area contributed by atoms with E-state index < -0.39 is 0 Å². The van der Waals surface area contributed by atoms with E-state index in [1.807, 2.05) is 12.1 Å². The van der Waals surface area contributed by atoms with Gasteiger partial charge in [0, 0.05) is 25.3 Å². The molecule has 1 amide bonds. The zero-order valence-electron chi connectivity index (χ0n) is 13.3. The lowest BCUT2D eigenvalue weighted by atomic mass is 9.99.